The van der Waals surface area contributed by atoms with E-state index in [2.05, 4.69) is 15.6 Å². The van der Waals surface area contributed by atoms with E-state index in [-0.39, 0.29) is 17.4 Å². The van der Waals surface area contributed by atoms with E-state index in [1.807, 2.05) is 6.92 Å². The molecule has 0 aliphatic heterocycles. The van der Waals surface area contributed by atoms with Crippen molar-refractivity contribution < 1.29 is 4.79 Å². The summed E-state index contributed by atoms with van der Waals surface area (Å²) in [6.45, 7) is 4.57. The SMILES string of the molecule is CCCCn1c(N)c(NCCNC(C)=O)c(=O)[nH]c1=O. The fourth-order valence-corrected chi connectivity index (χ4v) is 1.72. The van der Waals surface area contributed by atoms with Crippen molar-refractivity contribution in [2.75, 3.05) is 24.1 Å². The van der Waals surface area contributed by atoms with E-state index in [9.17, 15) is 14.4 Å². The van der Waals surface area contributed by atoms with Crippen LogP contribution in [0.25, 0.3) is 0 Å². The normalized spacial score (nSPS) is 10.3. The predicted molar refractivity (Wildman–Crippen MR) is 77.8 cm³/mol. The molecule has 5 N–H and O–H groups in total. The van der Waals surface area contributed by atoms with Crippen LogP contribution in [0, 0.1) is 0 Å². The molecule has 0 saturated carbocycles. The molecule has 0 aliphatic carbocycles. The number of nitrogens with zero attached hydrogens (tertiary/aromatic N) is 1. The van der Waals surface area contributed by atoms with Crippen molar-refractivity contribution in [1.29, 1.82) is 0 Å². The number of amides is 1. The first-order valence-corrected chi connectivity index (χ1v) is 6.58. The standard InChI is InChI=1S/C12H21N5O3/c1-3-4-7-17-10(13)9(11(19)16-12(17)20)15-6-5-14-8(2)18/h15H,3-7,13H2,1-2H3,(H,14,18)(H,16,19,20). The van der Waals surface area contributed by atoms with Gasteiger partial charge in [-0.3, -0.25) is 19.1 Å². The minimum absolute atomic E-state index is 0.120. The third-order valence-electron chi connectivity index (χ3n) is 2.78. The number of nitrogens with two attached hydrogens (primary N) is 1. The van der Waals surface area contributed by atoms with Crippen molar-refractivity contribution in [2.24, 2.45) is 0 Å². The third-order valence-corrected chi connectivity index (χ3v) is 2.78. The van der Waals surface area contributed by atoms with Gasteiger partial charge >= 0.3 is 5.69 Å². The molecule has 0 unspecified atom stereocenters. The molecule has 0 aromatic carbocycles. The van der Waals surface area contributed by atoms with Crippen molar-refractivity contribution in [1.82, 2.24) is 14.9 Å². The molecular formula is C12H21N5O3. The maximum absolute atomic E-state index is 11.7. The van der Waals surface area contributed by atoms with E-state index in [4.69, 9.17) is 5.73 Å². The van der Waals surface area contributed by atoms with Gasteiger partial charge in [0.05, 0.1) is 0 Å². The number of unbranched alkanes of at least 4 members (excludes halogenated alkanes) is 1. The Balaban J connectivity index is 2.87. The zero-order valence-electron chi connectivity index (χ0n) is 11.8. The minimum Gasteiger partial charge on any atom is -0.383 e. The molecule has 8 heteroatoms. The number of rotatable bonds is 7. The highest BCUT2D eigenvalue weighted by molar-refractivity contribution is 5.72. The Labute approximate surface area is 116 Å². The molecular weight excluding hydrogens is 262 g/mol. The first kappa shape index (κ1) is 15.8. The summed E-state index contributed by atoms with van der Waals surface area (Å²) in [6, 6.07) is 0. The van der Waals surface area contributed by atoms with E-state index in [0.29, 0.717) is 19.6 Å². The molecule has 0 saturated heterocycles. The van der Waals surface area contributed by atoms with Crippen LogP contribution in [-0.4, -0.2) is 28.5 Å². The summed E-state index contributed by atoms with van der Waals surface area (Å²) < 4.78 is 1.34. The van der Waals surface area contributed by atoms with E-state index < -0.39 is 11.2 Å². The molecule has 0 spiro atoms. The maximum atomic E-state index is 11.7. The Hall–Kier alpha value is -2.25. The smallest absolute Gasteiger partial charge is 0.330 e. The zero-order chi connectivity index (χ0) is 15.1. The number of aromatic amines is 1. The number of aromatic nitrogens is 2. The Morgan fingerprint density at radius 3 is 2.65 bits per heavy atom. The van der Waals surface area contributed by atoms with Gasteiger partial charge in [-0.2, -0.15) is 0 Å². The molecule has 20 heavy (non-hydrogen) atoms. The van der Waals surface area contributed by atoms with E-state index in [1.165, 1.54) is 11.5 Å². The number of carbonyl (C=O) groups is 1. The lowest BCUT2D eigenvalue weighted by Gasteiger charge is -2.13. The van der Waals surface area contributed by atoms with Crippen molar-refractivity contribution in [3.63, 3.8) is 0 Å². The van der Waals surface area contributed by atoms with Gasteiger partial charge in [0.1, 0.15) is 11.5 Å². The largest absolute Gasteiger partial charge is 0.383 e. The van der Waals surface area contributed by atoms with Crippen LogP contribution in [0.5, 0.6) is 0 Å². The lowest BCUT2D eigenvalue weighted by molar-refractivity contribution is -0.118. The number of nitrogens with one attached hydrogen (secondary N) is 3. The van der Waals surface area contributed by atoms with E-state index in [0.717, 1.165) is 12.8 Å². The highest BCUT2D eigenvalue weighted by atomic mass is 16.2. The summed E-state index contributed by atoms with van der Waals surface area (Å²) >= 11 is 0. The number of anilines is 2. The number of hydrogen-bond acceptors (Lipinski definition) is 5. The average Bonchev–Trinajstić information content (AvgIpc) is 2.37. The first-order chi connectivity index (χ1) is 9.47. The maximum Gasteiger partial charge on any atom is 0.330 e. The van der Waals surface area contributed by atoms with Crippen LogP contribution in [0.3, 0.4) is 0 Å². The minimum atomic E-state index is -0.553. The van der Waals surface area contributed by atoms with Crippen LogP contribution >= 0.6 is 0 Å². The van der Waals surface area contributed by atoms with Gasteiger partial charge in [-0.25, -0.2) is 4.79 Å². The molecule has 1 aromatic heterocycles. The summed E-state index contributed by atoms with van der Waals surface area (Å²) in [5, 5.41) is 5.43. The van der Waals surface area contributed by atoms with Crippen molar-refractivity contribution in [3.05, 3.63) is 20.8 Å². The van der Waals surface area contributed by atoms with Crippen LogP contribution < -0.4 is 27.6 Å². The number of carbonyl (C=O) groups excluding carboxylic acids is 1. The number of nitrogen functional groups attached to an aromatic ring is 1. The highest BCUT2D eigenvalue weighted by Crippen LogP contribution is 2.10. The van der Waals surface area contributed by atoms with Crippen molar-refractivity contribution in [3.8, 4) is 0 Å². The summed E-state index contributed by atoms with van der Waals surface area (Å²) in [5.41, 5.74) is 4.96. The van der Waals surface area contributed by atoms with Crippen LogP contribution in [0.4, 0.5) is 11.5 Å². The quantitative estimate of drug-likeness (QED) is 0.501. The van der Waals surface area contributed by atoms with Gasteiger partial charge in [-0.05, 0) is 6.42 Å². The van der Waals surface area contributed by atoms with Gasteiger partial charge in [0, 0.05) is 26.6 Å². The molecule has 1 amide bonds. The lowest BCUT2D eigenvalue weighted by Crippen LogP contribution is -2.35. The highest BCUT2D eigenvalue weighted by Gasteiger charge is 2.11. The number of hydrogen-bond donors (Lipinski definition) is 4. The number of H-pyrrole nitrogens is 1. The van der Waals surface area contributed by atoms with Crippen LogP contribution in [0.2, 0.25) is 0 Å². The Morgan fingerprint density at radius 1 is 1.35 bits per heavy atom. The van der Waals surface area contributed by atoms with Crippen molar-refractivity contribution in [2.45, 2.75) is 33.2 Å². The molecule has 0 bridgehead atoms. The van der Waals surface area contributed by atoms with Gasteiger partial charge in [0.25, 0.3) is 5.56 Å². The summed E-state index contributed by atoms with van der Waals surface area (Å²) in [5.74, 6) is -0.0309. The Kier molecular flexibility index (Phi) is 5.82. The van der Waals surface area contributed by atoms with Gasteiger partial charge < -0.3 is 16.4 Å². The molecule has 112 valence electrons. The molecule has 0 fully saturated rings. The summed E-state index contributed by atoms with van der Waals surface area (Å²) in [6.07, 6.45) is 1.71. The van der Waals surface area contributed by atoms with Gasteiger partial charge in [0.2, 0.25) is 5.91 Å². The molecule has 0 aliphatic rings. The van der Waals surface area contributed by atoms with Gasteiger partial charge in [0.15, 0.2) is 0 Å². The Bertz CT molecular complexity index is 575. The molecule has 0 atom stereocenters. The van der Waals surface area contributed by atoms with Crippen LogP contribution in [0.15, 0.2) is 9.59 Å². The molecule has 0 radical (unpaired) electrons. The summed E-state index contributed by atoms with van der Waals surface area (Å²) in [4.78, 5) is 36.4. The lowest BCUT2D eigenvalue weighted by atomic mass is 10.3. The second kappa shape index (κ2) is 7.37. The second-order valence-corrected chi connectivity index (χ2v) is 4.43. The Morgan fingerprint density at radius 2 is 2.05 bits per heavy atom. The van der Waals surface area contributed by atoms with Crippen molar-refractivity contribution >= 4 is 17.4 Å². The average molecular weight is 283 g/mol. The molecule has 1 rings (SSSR count). The van der Waals surface area contributed by atoms with E-state index in [1.54, 1.807) is 0 Å². The third kappa shape index (κ3) is 4.15. The molecule has 1 aromatic rings. The molecule has 8 nitrogen and oxygen atoms in total. The summed E-state index contributed by atoms with van der Waals surface area (Å²) in [7, 11) is 0. The monoisotopic (exact) mass is 283 g/mol. The fourth-order valence-electron chi connectivity index (χ4n) is 1.72. The zero-order valence-corrected chi connectivity index (χ0v) is 11.8. The van der Waals surface area contributed by atoms with Gasteiger partial charge in [-0.15, -0.1) is 0 Å². The van der Waals surface area contributed by atoms with E-state index >= 15 is 0 Å². The fraction of sp³-hybridized carbons (Fsp3) is 0.583. The van der Waals surface area contributed by atoms with Crippen LogP contribution in [0.1, 0.15) is 26.7 Å². The molecule has 1 heterocycles. The van der Waals surface area contributed by atoms with Gasteiger partial charge in [-0.1, -0.05) is 13.3 Å². The first-order valence-electron chi connectivity index (χ1n) is 6.58. The van der Waals surface area contributed by atoms with Crippen LogP contribution in [-0.2, 0) is 11.3 Å². The predicted octanol–water partition coefficient (Wildman–Crippen LogP) is -0.533. The topological polar surface area (TPSA) is 122 Å². The second-order valence-electron chi connectivity index (χ2n) is 4.43.